The van der Waals surface area contributed by atoms with E-state index in [1.807, 2.05) is 12.1 Å². The molecule has 0 aliphatic heterocycles. The monoisotopic (exact) mass is 1180 g/mol. The van der Waals surface area contributed by atoms with Crippen molar-refractivity contribution >= 4 is 69.1 Å². The van der Waals surface area contributed by atoms with Crippen molar-refractivity contribution < 1.29 is 25.9 Å². The maximum atomic E-state index is 11.3. The van der Waals surface area contributed by atoms with E-state index in [4.69, 9.17) is 0 Å². The average Bonchev–Trinajstić information content (AvgIpc) is 3.36. The molecular weight excluding hydrogens is 1070 g/mol. The molecule has 0 heterocycles. The summed E-state index contributed by atoms with van der Waals surface area (Å²) in [5, 5.41) is 0. The molecule has 0 saturated heterocycles. The zero-order chi connectivity index (χ0) is 52.3. The van der Waals surface area contributed by atoms with E-state index >= 15 is 0 Å². The van der Waals surface area contributed by atoms with Gasteiger partial charge >= 0.3 is 48.9 Å². The van der Waals surface area contributed by atoms with Crippen LogP contribution < -0.4 is 0 Å². The molecule has 0 fully saturated rings. The summed E-state index contributed by atoms with van der Waals surface area (Å²) >= 11 is 0. The van der Waals surface area contributed by atoms with Crippen molar-refractivity contribution in [1.29, 1.82) is 0 Å². The Kier molecular flexibility index (Phi) is 53.7. The van der Waals surface area contributed by atoms with Gasteiger partial charge in [-0.15, -0.1) is 0 Å². The first kappa shape index (κ1) is 72.8. The maximum Gasteiger partial charge on any atom is 2.00 e. The Hall–Kier alpha value is -0.169. The molecule has 0 aliphatic rings. The molecule has 0 amide bonds. The molecule has 0 atom stereocenters. The molecule has 73 heavy (non-hydrogen) atoms. The zero-order valence-corrected chi connectivity index (χ0v) is 54.0. The third kappa shape index (κ3) is 47.5. The Morgan fingerprint density at radius 2 is 0.411 bits per heavy atom. The van der Waals surface area contributed by atoms with E-state index in [0.717, 1.165) is 25.7 Å². The number of rotatable bonds is 52. The number of aryl methyl sites for hydroxylation is 2. The molecule has 0 N–H and O–H groups in total. The summed E-state index contributed by atoms with van der Waals surface area (Å²) in [6, 6.07) is 13.2. The molecule has 9 heteroatoms. The molecule has 0 bridgehead atoms. The van der Waals surface area contributed by atoms with Gasteiger partial charge in [-0.2, -0.15) is 0 Å². The Labute approximate surface area is 494 Å². The van der Waals surface area contributed by atoms with Crippen LogP contribution >= 0.6 is 0 Å². The summed E-state index contributed by atoms with van der Waals surface area (Å²) in [5.41, 5.74) is 1.35. The smallest absolute Gasteiger partial charge is 0.744 e. The number of hydrogen-bond acceptors (Lipinski definition) is 6. The van der Waals surface area contributed by atoms with Gasteiger partial charge in [-0.1, -0.05) is 346 Å². The predicted molar refractivity (Wildman–Crippen MR) is 315 cm³/mol. The second kappa shape index (κ2) is 53.8. The van der Waals surface area contributed by atoms with Gasteiger partial charge in [-0.3, -0.25) is 0 Å². The van der Waals surface area contributed by atoms with Crippen LogP contribution in [0.5, 0.6) is 0 Å². The van der Waals surface area contributed by atoms with Crippen molar-refractivity contribution in [2.75, 3.05) is 0 Å². The number of hydrogen-bond donors (Lipinski definition) is 0. The van der Waals surface area contributed by atoms with Gasteiger partial charge in [-0.05, 0) is 48.9 Å². The molecule has 6 nitrogen and oxygen atoms in total. The third-order valence-electron chi connectivity index (χ3n) is 15.1. The molecule has 0 aliphatic carbocycles. The van der Waals surface area contributed by atoms with Crippen molar-refractivity contribution in [1.82, 2.24) is 0 Å². The van der Waals surface area contributed by atoms with Crippen LogP contribution in [0.25, 0.3) is 0 Å². The van der Waals surface area contributed by atoms with Crippen molar-refractivity contribution in [2.24, 2.45) is 0 Å². The Bertz CT molecular complexity index is 1560. The van der Waals surface area contributed by atoms with Gasteiger partial charge in [0.2, 0.25) is 0 Å². The first-order chi connectivity index (χ1) is 35.1. The minimum absolute atomic E-state index is 0. The van der Waals surface area contributed by atoms with Crippen LogP contribution in [-0.4, -0.2) is 74.8 Å². The standard InChI is InChI=1S/2C32H58O3S.Ba/c2*1-2-3-4-5-6-7-8-9-10-11-12-13-14-15-16-17-18-19-20-21-22-23-24-25-28-31-29-26-27-30-32(31)36(33,34)35;/h2*26-27,29-30H,2-25,28H2,1H3,(H,33,34,35);/q;;+2/p-2. The fraction of sp³-hybridized carbons (Fsp3) is 0.812. The van der Waals surface area contributed by atoms with Crippen molar-refractivity contribution in [3.8, 4) is 0 Å². The van der Waals surface area contributed by atoms with Crippen LogP contribution in [0.2, 0.25) is 0 Å². The van der Waals surface area contributed by atoms with E-state index < -0.39 is 20.2 Å². The molecule has 0 spiro atoms. The van der Waals surface area contributed by atoms with Crippen LogP contribution in [0.4, 0.5) is 0 Å². The van der Waals surface area contributed by atoms with Gasteiger partial charge in [0.15, 0.2) is 0 Å². The number of benzene rings is 2. The van der Waals surface area contributed by atoms with Gasteiger partial charge in [0, 0.05) is 0 Å². The normalized spacial score (nSPS) is 11.7. The van der Waals surface area contributed by atoms with Crippen LogP contribution in [0.1, 0.15) is 333 Å². The molecule has 2 aromatic carbocycles. The average molecular weight is 1180 g/mol. The van der Waals surface area contributed by atoms with Crippen LogP contribution in [-0.2, 0) is 33.1 Å². The van der Waals surface area contributed by atoms with Crippen LogP contribution in [0.15, 0.2) is 58.3 Å². The summed E-state index contributed by atoms with van der Waals surface area (Å²) in [6.07, 6.45) is 67.1. The van der Waals surface area contributed by atoms with Gasteiger partial charge in [-0.25, -0.2) is 16.8 Å². The zero-order valence-electron chi connectivity index (χ0n) is 47.9. The van der Waals surface area contributed by atoms with Gasteiger partial charge < -0.3 is 9.11 Å². The fourth-order valence-corrected chi connectivity index (χ4v) is 11.9. The quantitative estimate of drug-likeness (QED) is 0.0370. The van der Waals surface area contributed by atoms with Crippen LogP contribution in [0, 0.1) is 0 Å². The summed E-state index contributed by atoms with van der Waals surface area (Å²) in [4.78, 5) is -0.0850. The molecule has 2 rings (SSSR count). The molecule has 0 aromatic heterocycles. The largest absolute Gasteiger partial charge is 2.00 e. The molecular formula is C64H114BaO6S2. The van der Waals surface area contributed by atoms with E-state index in [2.05, 4.69) is 13.8 Å². The minimum Gasteiger partial charge on any atom is -0.744 e. The Morgan fingerprint density at radius 1 is 0.260 bits per heavy atom. The van der Waals surface area contributed by atoms with Gasteiger partial charge in [0.1, 0.15) is 20.2 Å². The van der Waals surface area contributed by atoms with E-state index in [1.54, 1.807) is 24.3 Å². The van der Waals surface area contributed by atoms with Crippen LogP contribution in [0.3, 0.4) is 0 Å². The molecule has 0 saturated carbocycles. The van der Waals surface area contributed by atoms with E-state index in [1.165, 1.54) is 295 Å². The fourth-order valence-electron chi connectivity index (χ4n) is 10.5. The first-order valence-corrected chi connectivity index (χ1v) is 34.0. The first-order valence-electron chi connectivity index (χ1n) is 31.2. The van der Waals surface area contributed by atoms with Crippen molar-refractivity contribution in [3.63, 3.8) is 0 Å². The third-order valence-corrected chi connectivity index (χ3v) is 17.0. The summed E-state index contributed by atoms with van der Waals surface area (Å²) in [5.74, 6) is 0. The molecule has 0 radical (unpaired) electrons. The predicted octanol–water partition coefficient (Wildman–Crippen LogP) is 20.7. The SMILES string of the molecule is CCCCCCCCCCCCCCCCCCCCCCCCCCc1ccccc1S(=O)(=O)[O-].CCCCCCCCCCCCCCCCCCCCCCCCCCc1ccccc1S(=O)(=O)[O-].[Ba+2]. The Morgan fingerprint density at radius 3 is 0.575 bits per heavy atom. The molecule has 420 valence electrons. The molecule has 0 unspecified atom stereocenters. The summed E-state index contributed by atoms with van der Waals surface area (Å²) in [6.45, 7) is 4.58. The Balaban J connectivity index is 0.00000140. The molecule has 2 aromatic rings. The maximum absolute atomic E-state index is 11.3. The van der Waals surface area contributed by atoms with Crippen molar-refractivity contribution in [3.05, 3.63) is 59.7 Å². The van der Waals surface area contributed by atoms with Crippen molar-refractivity contribution in [2.45, 2.75) is 345 Å². The van der Waals surface area contributed by atoms with Gasteiger partial charge in [0.05, 0.1) is 9.79 Å². The number of unbranched alkanes of at least 4 members (excludes halogenated alkanes) is 46. The van der Waals surface area contributed by atoms with E-state index in [0.29, 0.717) is 24.0 Å². The topological polar surface area (TPSA) is 114 Å². The van der Waals surface area contributed by atoms with E-state index in [9.17, 15) is 25.9 Å². The second-order valence-corrected chi connectivity index (χ2v) is 24.6. The van der Waals surface area contributed by atoms with Gasteiger partial charge in [0.25, 0.3) is 0 Å². The second-order valence-electron chi connectivity index (χ2n) is 21.9. The minimum atomic E-state index is -4.36. The summed E-state index contributed by atoms with van der Waals surface area (Å²) in [7, 11) is -8.72. The van der Waals surface area contributed by atoms with E-state index in [-0.39, 0.29) is 58.7 Å². The summed E-state index contributed by atoms with van der Waals surface area (Å²) < 4.78 is 68.0.